The molecular weight excluding hydrogens is 539 g/mol. The van der Waals surface area contributed by atoms with E-state index in [1.807, 2.05) is 13.8 Å². The van der Waals surface area contributed by atoms with Crippen LogP contribution in [-0.4, -0.2) is 26.0 Å². The zero-order valence-electron chi connectivity index (χ0n) is 14.2. The maximum atomic E-state index is 13.8. The van der Waals surface area contributed by atoms with E-state index in [0.29, 0.717) is 0 Å². The summed E-state index contributed by atoms with van der Waals surface area (Å²) in [5, 5.41) is 2.84. The third-order valence-electron chi connectivity index (χ3n) is 2.72. The highest BCUT2D eigenvalue weighted by molar-refractivity contribution is 6.67. The largest absolute Gasteiger partial charge is 0.286 e. The number of alkyl halides is 8. The van der Waals surface area contributed by atoms with E-state index in [-0.39, 0.29) is 34.0 Å². The summed E-state index contributed by atoms with van der Waals surface area (Å²) in [5.41, 5.74) is -0.00843. The molecule has 1 heterocycles. The highest BCUT2D eigenvalue weighted by atomic mass is 35.6. The Morgan fingerprint density at radius 3 is 1.57 bits per heavy atom. The van der Waals surface area contributed by atoms with Crippen molar-refractivity contribution in [1.82, 2.24) is 20.3 Å². The van der Waals surface area contributed by atoms with Crippen LogP contribution in [0.3, 0.4) is 0 Å². The Balaban J connectivity index is 0.000000480. The molecule has 4 nitrogen and oxygen atoms in total. The van der Waals surface area contributed by atoms with Gasteiger partial charge in [0.25, 0.3) is 0 Å². The summed E-state index contributed by atoms with van der Waals surface area (Å²) >= 11 is 45.4. The Morgan fingerprint density at radius 1 is 0.821 bits per heavy atom. The molecule has 0 fully saturated rings. The summed E-state index contributed by atoms with van der Waals surface area (Å²) < 4.78 is 9.88. The molecule has 0 radical (unpaired) electrons. The highest BCUT2D eigenvalue weighted by Crippen LogP contribution is 2.40. The molecule has 13 heteroatoms. The molecule has 0 aliphatic carbocycles. The molecular formula is C15H13Cl8FN4. The summed E-state index contributed by atoms with van der Waals surface area (Å²) in [7, 11) is 0. The molecule has 0 saturated carbocycles. The van der Waals surface area contributed by atoms with Crippen molar-refractivity contribution in [3.8, 4) is 11.4 Å². The van der Waals surface area contributed by atoms with Crippen LogP contribution in [0.25, 0.3) is 11.4 Å². The van der Waals surface area contributed by atoms with Crippen LogP contribution >= 0.6 is 92.8 Å². The van der Waals surface area contributed by atoms with E-state index < -0.39 is 13.4 Å². The second-order valence-corrected chi connectivity index (χ2v) is 11.1. The first-order valence-corrected chi connectivity index (χ1v) is 10.6. The van der Waals surface area contributed by atoms with Gasteiger partial charge in [0.2, 0.25) is 7.59 Å². The van der Waals surface area contributed by atoms with Gasteiger partial charge in [-0.1, -0.05) is 81.7 Å². The van der Waals surface area contributed by atoms with Gasteiger partial charge in [0.1, 0.15) is 5.82 Å². The van der Waals surface area contributed by atoms with Crippen LogP contribution in [0, 0.1) is 5.82 Å². The van der Waals surface area contributed by atoms with Gasteiger partial charge in [0, 0.05) is 0 Å². The van der Waals surface area contributed by atoms with Crippen molar-refractivity contribution in [3.05, 3.63) is 41.7 Å². The Bertz CT molecular complexity index is 739. The molecule has 2 unspecified atom stereocenters. The van der Waals surface area contributed by atoms with E-state index in [1.54, 1.807) is 6.07 Å². The third kappa shape index (κ3) is 9.07. The first-order valence-electron chi connectivity index (χ1n) is 7.41. The maximum absolute atomic E-state index is 13.8. The number of halogens is 9. The van der Waals surface area contributed by atoms with E-state index in [0.717, 1.165) is 0 Å². The number of hydrogen-bond donors (Lipinski definition) is 1. The minimum absolute atomic E-state index is 0.0347. The Morgan fingerprint density at radius 2 is 1.25 bits per heavy atom. The van der Waals surface area contributed by atoms with Gasteiger partial charge in [-0.15, -0.1) is 23.2 Å². The number of hydrogen-bond acceptors (Lipinski definition) is 4. The van der Waals surface area contributed by atoms with Gasteiger partial charge in [0.15, 0.2) is 17.5 Å². The molecule has 0 spiro atoms. The number of aromatic nitrogens is 3. The molecule has 2 aromatic rings. The SMILES string of the molecule is CC(Cl)NC(C)Cl.Fc1ccccc1-c1nc(C(Cl)(Cl)Cl)nc(C(Cl)(Cl)Cl)n1. The topological polar surface area (TPSA) is 50.7 Å². The van der Waals surface area contributed by atoms with Crippen LogP contribution in [0.5, 0.6) is 0 Å². The fourth-order valence-corrected chi connectivity index (χ4v) is 2.66. The van der Waals surface area contributed by atoms with Crippen molar-refractivity contribution in [2.45, 2.75) is 32.4 Å². The molecule has 0 amide bonds. The monoisotopic (exact) mass is 548 g/mol. The summed E-state index contributed by atoms with van der Waals surface area (Å²) in [6, 6.07) is 5.76. The molecule has 0 bridgehead atoms. The molecule has 0 saturated heterocycles. The molecule has 156 valence electrons. The Kier molecular flexibility index (Phi) is 10.6. The lowest BCUT2D eigenvalue weighted by atomic mass is 10.2. The molecule has 1 aromatic carbocycles. The number of nitrogens with zero attached hydrogens (tertiary/aromatic N) is 3. The average molecular weight is 552 g/mol. The lowest BCUT2D eigenvalue weighted by Crippen LogP contribution is -2.25. The van der Waals surface area contributed by atoms with E-state index in [9.17, 15) is 4.39 Å². The normalized spacial score (nSPS) is 14.1. The second kappa shape index (κ2) is 11.2. The summed E-state index contributed by atoms with van der Waals surface area (Å²) in [5.74, 6) is -1.23. The zero-order chi connectivity index (χ0) is 21.7. The van der Waals surface area contributed by atoms with Crippen molar-refractivity contribution < 1.29 is 4.39 Å². The van der Waals surface area contributed by atoms with E-state index in [4.69, 9.17) is 92.8 Å². The van der Waals surface area contributed by atoms with Gasteiger partial charge in [0.05, 0.1) is 16.6 Å². The van der Waals surface area contributed by atoms with Gasteiger partial charge in [-0.05, 0) is 26.0 Å². The Hall–Kier alpha value is 0.440. The summed E-state index contributed by atoms with van der Waals surface area (Å²) in [6.07, 6.45) is 0. The number of benzene rings is 1. The lowest BCUT2D eigenvalue weighted by Gasteiger charge is -2.15. The van der Waals surface area contributed by atoms with Crippen LogP contribution in [0.1, 0.15) is 25.5 Å². The van der Waals surface area contributed by atoms with Gasteiger partial charge in [-0.25, -0.2) is 19.3 Å². The van der Waals surface area contributed by atoms with Gasteiger partial charge in [-0.3, -0.25) is 5.32 Å². The van der Waals surface area contributed by atoms with Crippen molar-refractivity contribution in [3.63, 3.8) is 0 Å². The van der Waals surface area contributed by atoms with E-state index in [1.165, 1.54) is 18.2 Å². The molecule has 2 rings (SSSR count). The average Bonchev–Trinajstić information content (AvgIpc) is 2.52. The zero-order valence-corrected chi connectivity index (χ0v) is 20.3. The summed E-state index contributed by atoms with van der Waals surface area (Å²) in [4.78, 5) is 11.6. The smallest absolute Gasteiger partial charge is 0.250 e. The quantitative estimate of drug-likeness (QED) is 0.327. The van der Waals surface area contributed by atoms with E-state index >= 15 is 0 Å². The molecule has 0 aliphatic rings. The first-order chi connectivity index (χ1) is 12.7. The van der Waals surface area contributed by atoms with Crippen LogP contribution in [0.4, 0.5) is 4.39 Å². The van der Waals surface area contributed by atoms with Crippen LogP contribution in [0.15, 0.2) is 24.3 Å². The maximum Gasteiger partial charge on any atom is 0.250 e. The summed E-state index contributed by atoms with van der Waals surface area (Å²) in [6.45, 7) is 3.67. The molecule has 2 atom stereocenters. The van der Waals surface area contributed by atoms with E-state index in [2.05, 4.69) is 20.3 Å². The Labute approximate surface area is 201 Å². The standard InChI is InChI=1S/C11H4Cl6FN3.C4H9Cl2N/c12-10(13,14)8-19-7(5-3-1-2-4-6(5)18)20-9(21-8)11(15,16)17;1-3(5)7-4(2)6/h1-4H;3-4,7H,1-2H3. The van der Waals surface area contributed by atoms with Crippen molar-refractivity contribution in [1.29, 1.82) is 0 Å². The minimum Gasteiger partial charge on any atom is -0.286 e. The van der Waals surface area contributed by atoms with Crippen LogP contribution in [-0.2, 0) is 7.59 Å². The number of nitrogens with one attached hydrogen (secondary N) is 1. The van der Waals surface area contributed by atoms with Crippen molar-refractivity contribution in [2.75, 3.05) is 0 Å². The fourth-order valence-electron chi connectivity index (χ4n) is 1.71. The predicted molar refractivity (Wildman–Crippen MR) is 117 cm³/mol. The van der Waals surface area contributed by atoms with Crippen LogP contribution in [0.2, 0.25) is 0 Å². The van der Waals surface area contributed by atoms with Gasteiger partial charge in [-0.2, -0.15) is 0 Å². The van der Waals surface area contributed by atoms with Crippen molar-refractivity contribution in [2.24, 2.45) is 0 Å². The molecule has 1 aromatic heterocycles. The number of rotatable bonds is 3. The van der Waals surface area contributed by atoms with Gasteiger partial charge >= 0.3 is 0 Å². The molecule has 1 N–H and O–H groups in total. The second-order valence-electron chi connectivity index (χ2n) is 5.18. The first kappa shape index (κ1) is 26.5. The third-order valence-corrected chi connectivity index (χ3v) is 3.98. The fraction of sp³-hybridized carbons (Fsp3) is 0.400. The van der Waals surface area contributed by atoms with Gasteiger partial charge < -0.3 is 0 Å². The minimum atomic E-state index is -1.98. The van der Waals surface area contributed by atoms with Crippen LogP contribution < -0.4 is 5.32 Å². The van der Waals surface area contributed by atoms with Crippen molar-refractivity contribution >= 4 is 92.8 Å². The highest BCUT2D eigenvalue weighted by Gasteiger charge is 2.34. The predicted octanol–water partition coefficient (Wildman–Crippen LogP) is 7.08. The lowest BCUT2D eigenvalue weighted by molar-refractivity contribution is 0.629. The molecule has 28 heavy (non-hydrogen) atoms. The molecule has 0 aliphatic heterocycles.